The molecular weight excluding hydrogens is 316 g/mol. The van der Waals surface area contributed by atoms with E-state index in [0.29, 0.717) is 24.3 Å². The van der Waals surface area contributed by atoms with Gasteiger partial charge < -0.3 is 14.4 Å². The van der Waals surface area contributed by atoms with Crippen LogP contribution in [0.25, 0.3) is 0 Å². The van der Waals surface area contributed by atoms with Crippen molar-refractivity contribution in [3.63, 3.8) is 0 Å². The van der Waals surface area contributed by atoms with E-state index < -0.39 is 0 Å². The van der Waals surface area contributed by atoms with Gasteiger partial charge in [0, 0.05) is 58.3 Å². The standard InChI is InChI=1S/C20H28N2O3/c1-15(18-3-2-17-5-11-25-19(17)13-18)21-6-8-22(9-7-21)20(23)12-16-4-10-24-14-16/h2-3,13,15-16H,4-12,14H2,1H3. The van der Waals surface area contributed by atoms with Crippen LogP contribution in [0.3, 0.4) is 0 Å². The number of hydrogen-bond donors (Lipinski definition) is 0. The number of fused-ring (bicyclic) bond motifs is 1. The largest absolute Gasteiger partial charge is 0.493 e. The maximum atomic E-state index is 12.5. The highest BCUT2D eigenvalue weighted by molar-refractivity contribution is 5.76. The summed E-state index contributed by atoms with van der Waals surface area (Å²) >= 11 is 0. The summed E-state index contributed by atoms with van der Waals surface area (Å²) in [6, 6.07) is 6.99. The molecule has 0 aliphatic carbocycles. The number of benzene rings is 1. The zero-order valence-electron chi connectivity index (χ0n) is 15.1. The van der Waals surface area contributed by atoms with Crippen LogP contribution in [-0.4, -0.2) is 61.7 Å². The van der Waals surface area contributed by atoms with E-state index in [-0.39, 0.29) is 0 Å². The molecule has 5 heteroatoms. The molecule has 2 saturated heterocycles. The van der Waals surface area contributed by atoms with Gasteiger partial charge in [0.15, 0.2) is 0 Å². The number of piperazine rings is 1. The first-order valence-corrected chi connectivity index (χ1v) is 9.56. The van der Waals surface area contributed by atoms with E-state index in [1.165, 1.54) is 11.1 Å². The van der Waals surface area contributed by atoms with Crippen LogP contribution in [0.4, 0.5) is 0 Å². The third kappa shape index (κ3) is 3.67. The Morgan fingerprint density at radius 2 is 2.08 bits per heavy atom. The quantitative estimate of drug-likeness (QED) is 0.840. The molecule has 2 fully saturated rings. The number of carbonyl (C=O) groups is 1. The average molecular weight is 344 g/mol. The molecule has 0 saturated carbocycles. The topological polar surface area (TPSA) is 42.0 Å². The molecule has 1 aromatic rings. The molecule has 3 aliphatic heterocycles. The fourth-order valence-corrected chi connectivity index (χ4v) is 4.13. The van der Waals surface area contributed by atoms with Crippen molar-refractivity contribution in [2.45, 2.75) is 32.2 Å². The minimum absolute atomic E-state index is 0.300. The van der Waals surface area contributed by atoms with Gasteiger partial charge in [-0.1, -0.05) is 12.1 Å². The van der Waals surface area contributed by atoms with Gasteiger partial charge in [0.1, 0.15) is 5.75 Å². The van der Waals surface area contributed by atoms with Gasteiger partial charge >= 0.3 is 0 Å². The van der Waals surface area contributed by atoms with Crippen LogP contribution in [0, 0.1) is 5.92 Å². The fourth-order valence-electron chi connectivity index (χ4n) is 4.13. The first-order valence-electron chi connectivity index (χ1n) is 9.56. The Hall–Kier alpha value is -1.59. The third-order valence-electron chi connectivity index (χ3n) is 5.90. The minimum Gasteiger partial charge on any atom is -0.493 e. The number of amides is 1. The molecule has 5 nitrogen and oxygen atoms in total. The van der Waals surface area contributed by atoms with Crippen molar-refractivity contribution >= 4 is 5.91 Å². The Labute approximate surface area is 149 Å². The minimum atomic E-state index is 0.300. The van der Waals surface area contributed by atoms with E-state index in [9.17, 15) is 4.79 Å². The summed E-state index contributed by atoms with van der Waals surface area (Å²) in [4.78, 5) is 17.0. The molecule has 1 aromatic carbocycles. The lowest BCUT2D eigenvalue weighted by molar-refractivity contribution is -0.134. The van der Waals surface area contributed by atoms with Crippen LogP contribution in [0.15, 0.2) is 18.2 Å². The second kappa shape index (κ2) is 7.34. The highest BCUT2D eigenvalue weighted by Gasteiger charge is 2.28. The number of nitrogens with zero attached hydrogens (tertiary/aromatic N) is 2. The van der Waals surface area contributed by atoms with E-state index >= 15 is 0 Å². The summed E-state index contributed by atoms with van der Waals surface area (Å²) in [5.41, 5.74) is 2.63. The van der Waals surface area contributed by atoms with Gasteiger partial charge in [-0.3, -0.25) is 9.69 Å². The highest BCUT2D eigenvalue weighted by atomic mass is 16.5. The molecule has 0 radical (unpaired) electrons. The first kappa shape index (κ1) is 16.9. The molecule has 2 atom stereocenters. The SMILES string of the molecule is CC(c1ccc2c(c1)OCC2)N1CCN(C(=O)CC2CCOC2)CC1. The van der Waals surface area contributed by atoms with Crippen molar-refractivity contribution in [3.8, 4) is 5.75 Å². The lowest BCUT2D eigenvalue weighted by atomic mass is 10.0. The van der Waals surface area contributed by atoms with Crippen molar-refractivity contribution in [3.05, 3.63) is 29.3 Å². The Balaban J connectivity index is 1.31. The predicted molar refractivity (Wildman–Crippen MR) is 95.8 cm³/mol. The van der Waals surface area contributed by atoms with Gasteiger partial charge in [-0.25, -0.2) is 0 Å². The van der Waals surface area contributed by atoms with E-state index in [1.54, 1.807) is 0 Å². The van der Waals surface area contributed by atoms with Crippen LogP contribution in [0.5, 0.6) is 5.75 Å². The summed E-state index contributed by atoms with van der Waals surface area (Å²) in [5, 5.41) is 0. The first-order chi connectivity index (χ1) is 12.2. The second-order valence-electron chi connectivity index (χ2n) is 7.49. The fraction of sp³-hybridized carbons (Fsp3) is 0.650. The lowest BCUT2D eigenvalue weighted by Gasteiger charge is -2.38. The number of ether oxygens (including phenoxy) is 2. The van der Waals surface area contributed by atoms with Crippen molar-refractivity contribution in [1.29, 1.82) is 0 Å². The molecule has 136 valence electrons. The van der Waals surface area contributed by atoms with E-state index in [1.807, 2.05) is 4.90 Å². The molecule has 0 bridgehead atoms. The zero-order chi connectivity index (χ0) is 17.2. The van der Waals surface area contributed by atoms with Crippen LogP contribution >= 0.6 is 0 Å². The Kier molecular flexibility index (Phi) is 4.95. The Bertz CT molecular complexity index is 619. The summed E-state index contributed by atoms with van der Waals surface area (Å²) in [6.07, 6.45) is 2.71. The van der Waals surface area contributed by atoms with Gasteiger partial charge in [-0.15, -0.1) is 0 Å². The molecule has 3 aliphatic rings. The van der Waals surface area contributed by atoms with Gasteiger partial charge in [-0.2, -0.15) is 0 Å². The molecule has 3 heterocycles. The van der Waals surface area contributed by atoms with Crippen molar-refractivity contribution in [2.24, 2.45) is 5.92 Å². The molecule has 0 N–H and O–H groups in total. The molecule has 1 amide bonds. The van der Waals surface area contributed by atoms with E-state index in [2.05, 4.69) is 30.0 Å². The predicted octanol–water partition coefficient (Wildman–Crippen LogP) is 2.25. The van der Waals surface area contributed by atoms with E-state index in [4.69, 9.17) is 9.47 Å². The number of rotatable bonds is 4. The normalized spacial score (nSPS) is 24.8. The molecule has 0 spiro atoms. The molecular formula is C20H28N2O3. The van der Waals surface area contributed by atoms with Crippen molar-refractivity contribution in [1.82, 2.24) is 9.80 Å². The Morgan fingerprint density at radius 1 is 1.24 bits per heavy atom. The van der Waals surface area contributed by atoms with Crippen LogP contribution in [0.1, 0.15) is 36.9 Å². The number of carbonyl (C=O) groups excluding carboxylic acids is 1. The van der Waals surface area contributed by atoms with Gasteiger partial charge in [-0.05, 0) is 36.5 Å². The number of hydrogen-bond acceptors (Lipinski definition) is 4. The van der Waals surface area contributed by atoms with Crippen LogP contribution in [0.2, 0.25) is 0 Å². The third-order valence-corrected chi connectivity index (χ3v) is 5.90. The monoisotopic (exact) mass is 344 g/mol. The van der Waals surface area contributed by atoms with Crippen molar-refractivity contribution in [2.75, 3.05) is 46.0 Å². The Morgan fingerprint density at radius 3 is 2.84 bits per heavy atom. The summed E-state index contributed by atoms with van der Waals surface area (Å²) < 4.78 is 11.1. The second-order valence-corrected chi connectivity index (χ2v) is 7.49. The maximum Gasteiger partial charge on any atom is 0.223 e. The zero-order valence-corrected chi connectivity index (χ0v) is 15.1. The summed E-state index contributed by atoms with van der Waals surface area (Å²) in [6.45, 7) is 8.16. The van der Waals surface area contributed by atoms with Crippen molar-refractivity contribution < 1.29 is 14.3 Å². The van der Waals surface area contributed by atoms with Crippen LogP contribution in [-0.2, 0) is 16.0 Å². The molecule has 25 heavy (non-hydrogen) atoms. The lowest BCUT2D eigenvalue weighted by Crippen LogP contribution is -2.49. The summed E-state index contributed by atoms with van der Waals surface area (Å²) in [5.74, 6) is 1.78. The smallest absolute Gasteiger partial charge is 0.223 e. The van der Waals surface area contributed by atoms with Gasteiger partial charge in [0.05, 0.1) is 6.61 Å². The van der Waals surface area contributed by atoms with Crippen LogP contribution < -0.4 is 4.74 Å². The maximum absolute atomic E-state index is 12.5. The summed E-state index contributed by atoms with van der Waals surface area (Å²) in [7, 11) is 0. The van der Waals surface area contributed by atoms with E-state index in [0.717, 1.165) is 64.6 Å². The molecule has 4 rings (SSSR count). The molecule has 2 unspecified atom stereocenters. The van der Waals surface area contributed by atoms with Gasteiger partial charge in [0.2, 0.25) is 5.91 Å². The van der Waals surface area contributed by atoms with Gasteiger partial charge in [0.25, 0.3) is 0 Å². The highest BCUT2D eigenvalue weighted by Crippen LogP contribution is 2.31. The molecule has 0 aromatic heterocycles. The average Bonchev–Trinajstić information content (AvgIpc) is 3.32.